The number of rotatable bonds is 3. The third kappa shape index (κ3) is 1.71. The van der Waals surface area contributed by atoms with Gasteiger partial charge in [0, 0.05) is 28.4 Å². The topological polar surface area (TPSA) is 57.6 Å². The van der Waals surface area contributed by atoms with E-state index >= 15 is 0 Å². The van der Waals surface area contributed by atoms with Crippen LogP contribution in [-0.2, 0) is 0 Å². The van der Waals surface area contributed by atoms with E-state index < -0.39 is 0 Å². The van der Waals surface area contributed by atoms with Crippen molar-refractivity contribution in [2.45, 2.75) is 0 Å². The van der Waals surface area contributed by atoms with Gasteiger partial charge in [-0.2, -0.15) is 5.10 Å². The van der Waals surface area contributed by atoms with Crippen molar-refractivity contribution < 1.29 is 4.42 Å². The summed E-state index contributed by atoms with van der Waals surface area (Å²) in [6.45, 7) is 0. The van der Waals surface area contributed by atoms with E-state index in [9.17, 15) is 0 Å². The standard InChI is InChI=1S/C15H11N3OS/c1-3-12(19-7-1)15-14(13-4-2-8-20-13)10(9-16-15)11-5-6-17-18-11/h1-9,16H,(H,17,18). The highest BCUT2D eigenvalue weighted by molar-refractivity contribution is 7.13. The Labute approximate surface area is 119 Å². The molecule has 0 amide bonds. The third-order valence-corrected chi connectivity index (χ3v) is 4.09. The Bertz CT molecular complexity index is 744. The fourth-order valence-electron chi connectivity index (χ4n) is 2.33. The summed E-state index contributed by atoms with van der Waals surface area (Å²) in [5.74, 6) is 0.833. The average Bonchev–Trinajstić information content (AvgIpc) is 3.23. The summed E-state index contributed by atoms with van der Waals surface area (Å²) in [4.78, 5) is 4.52. The highest BCUT2D eigenvalue weighted by Crippen LogP contribution is 2.41. The summed E-state index contributed by atoms with van der Waals surface area (Å²) in [5.41, 5.74) is 4.21. The van der Waals surface area contributed by atoms with E-state index in [1.165, 1.54) is 4.88 Å². The zero-order valence-electron chi connectivity index (χ0n) is 10.5. The lowest BCUT2D eigenvalue weighted by molar-refractivity contribution is 0.580. The first kappa shape index (κ1) is 11.3. The second-order valence-corrected chi connectivity index (χ2v) is 5.32. The molecule has 0 aliphatic rings. The molecule has 2 N–H and O–H groups in total. The van der Waals surface area contributed by atoms with E-state index in [2.05, 4.69) is 32.7 Å². The Balaban J connectivity index is 1.98. The molecule has 4 aromatic rings. The van der Waals surface area contributed by atoms with Gasteiger partial charge in [-0.1, -0.05) is 6.07 Å². The van der Waals surface area contributed by atoms with Gasteiger partial charge < -0.3 is 9.40 Å². The molecule has 0 bridgehead atoms. The summed E-state index contributed by atoms with van der Waals surface area (Å²) in [7, 11) is 0. The second kappa shape index (κ2) is 4.54. The van der Waals surface area contributed by atoms with Gasteiger partial charge in [0.05, 0.1) is 17.7 Å². The Morgan fingerprint density at radius 1 is 1.15 bits per heavy atom. The molecular formula is C15H11N3OS. The summed E-state index contributed by atoms with van der Waals surface area (Å²) < 4.78 is 5.54. The molecule has 98 valence electrons. The summed E-state index contributed by atoms with van der Waals surface area (Å²) >= 11 is 1.71. The number of hydrogen-bond donors (Lipinski definition) is 2. The van der Waals surface area contributed by atoms with E-state index in [-0.39, 0.29) is 0 Å². The van der Waals surface area contributed by atoms with Gasteiger partial charge in [0.15, 0.2) is 5.76 Å². The average molecular weight is 281 g/mol. The molecule has 0 aromatic carbocycles. The number of aromatic nitrogens is 3. The molecule has 4 rings (SSSR count). The first-order chi connectivity index (χ1) is 9.93. The molecule has 0 spiro atoms. The van der Waals surface area contributed by atoms with Gasteiger partial charge in [0.25, 0.3) is 0 Å². The Kier molecular flexibility index (Phi) is 2.57. The number of H-pyrrole nitrogens is 2. The monoisotopic (exact) mass is 281 g/mol. The summed E-state index contributed by atoms with van der Waals surface area (Å²) in [6, 6.07) is 9.98. The minimum absolute atomic E-state index is 0.833. The Hall–Kier alpha value is -2.53. The van der Waals surface area contributed by atoms with Crippen molar-refractivity contribution in [3.05, 3.63) is 54.4 Å². The molecule has 4 nitrogen and oxygen atoms in total. The highest BCUT2D eigenvalue weighted by Gasteiger charge is 2.19. The maximum absolute atomic E-state index is 5.54. The van der Waals surface area contributed by atoms with Crippen molar-refractivity contribution in [1.82, 2.24) is 15.2 Å². The van der Waals surface area contributed by atoms with Crippen LogP contribution < -0.4 is 0 Å². The number of thiophene rings is 1. The van der Waals surface area contributed by atoms with Crippen LogP contribution in [0.25, 0.3) is 33.2 Å². The molecule has 0 unspecified atom stereocenters. The van der Waals surface area contributed by atoms with Gasteiger partial charge in [0.2, 0.25) is 0 Å². The molecule has 0 radical (unpaired) electrons. The van der Waals surface area contributed by atoms with Crippen LogP contribution in [0, 0.1) is 0 Å². The van der Waals surface area contributed by atoms with Crippen molar-refractivity contribution in [2.24, 2.45) is 0 Å². The fourth-order valence-corrected chi connectivity index (χ4v) is 3.12. The van der Waals surface area contributed by atoms with Crippen molar-refractivity contribution >= 4 is 11.3 Å². The van der Waals surface area contributed by atoms with E-state index in [0.29, 0.717) is 0 Å². The van der Waals surface area contributed by atoms with Crippen LogP contribution in [-0.4, -0.2) is 15.2 Å². The zero-order valence-corrected chi connectivity index (χ0v) is 11.3. The second-order valence-electron chi connectivity index (χ2n) is 4.38. The van der Waals surface area contributed by atoms with Crippen molar-refractivity contribution in [2.75, 3.05) is 0 Å². The maximum atomic E-state index is 5.54. The van der Waals surface area contributed by atoms with Crippen LogP contribution in [0.1, 0.15) is 0 Å². The predicted octanol–water partition coefficient (Wildman–Crippen LogP) is 4.39. The van der Waals surface area contributed by atoms with Crippen molar-refractivity contribution in [3.8, 4) is 33.2 Å². The molecular weight excluding hydrogens is 270 g/mol. The number of hydrogen-bond acceptors (Lipinski definition) is 3. The van der Waals surface area contributed by atoms with Gasteiger partial charge in [0.1, 0.15) is 0 Å². The number of aromatic amines is 2. The highest BCUT2D eigenvalue weighted by atomic mass is 32.1. The molecule has 0 aliphatic heterocycles. The first-order valence-corrected chi connectivity index (χ1v) is 7.10. The molecule has 0 fully saturated rings. The normalized spacial score (nSPS) is 11.0. The zero-order chi connectivity index (χ0) is 13.4. The Morgan fingerprint density at radius 3 is 2.85 bits per heavy atom. The van der Waals surface area contributed by atoms with E-state index in [1.54, 1.807) is 23.8 Å². The first-order valence-electron chi connectivity index (χ1n) is 6.22. The molecule has 0 atom stereocenters. The molecule has 0 saturated carbocycles. The lowest BCUT2D eigenvalue weighted by Gasteiger charge is -2.02. The van der Waals surface area contributed by atoms with E-state index in [1.807, 2.05) is 24.4 Å². The van der Waals surface area contributed by atoms with Gasteiger partial charge >= 0.3 is 0 Å². The smallest absolute Gasteiger partial charge is 0.150 e. The van der Waals surface area contributed by atoms with Crippen LogP contribution in [0.5, 0.6) is 0 Å². The van der Waals surface area contributed by atoms with Crippen LogP contribution in [0.4, 0.5) is 0 Å². The predicted molar refractivity (Wildman–Crippen MR) is 79.4 cm³/mol. The van der Waals surface area contributed by atoms with E-state index in [0.717, 1.165) is 28.3 Å². The van der Waals surface area contributed by atoms with Crippen LogP contribution >= 0.6 is 11.3 Å². The Morgan fingerprint density at radius 2 is 2.15 bits per heavy atom. The van der Waals surface area contributed by atoms with Gasteiger partial charge in [-0.05, 0) is 29.6 Å². The van der Waals surface area contributed by atoms with Gasteiger partial charge in [-0.25, -0.2) is 0 Å². The van der Waals surface area contributed by atoms with Gasteiger partial charge in [-0.3, -0.25) is 5.10 Å². The fraction of sp³-hybridized carbons (Fsp3) is 0. The largest absolute Gasteiger partial charge is 0.463 e. The quantitative estimate of drug-likeness (QED) is 0.585. The lowest BCUT2D eigenvalue weighted by atomic mass is 10.1. The minimum Gasteiger partial charge on any atom is -0.463 e. The number of nitrogens with zero attached hydrogens (tertiary/aromatic N) is 1. The molecule has 4 aromatic heterocycles. The molecule has 20 heavy (non-hydrogen) atoms. The molecule has 4 heterocycles. The number of nitrogens with one attached hydrogen (secondary N) is 2. The summed E-state index contributed by atoms with van der Waals surface area (Å²) in [5, 5.41) is 9.13. The maximum Gasteiger partial charge on any atom is 0.150 e. The molecule has 5 heteroatoms. The van der Waals surface area contributed by atoms with Crippen molar-refractivity contribution in [3.63, 3.8) is 0 Å². The van der Waals surface area contributed by atoms with Crippen LogP contribution in [0.3, 0.4) is 0 Å². The van der Waals surface area contributed by atoms with Crippen LogP contribution in [0.15, 0.2) is 58.8 Å². The molecule has 0 aliphatic carbocycles. The van der Waals surface area contributed by atoms with Crippen LogP contribution in [0.2, 0.25) is 0 Å². The summed E-state index contributed by atoms with van der Waals surface area (Å²) in [6.07, 6.45) is 5.43. The lowest BCUT2D eigenvalue weighted by Crippen LogP contribution is -1.81. The van der Waals surface area contributed by atoms with E-state index in [4.69, 9.17) is 4.42 Å². The minimum atomic E-state index is 0.833. The third-order valence-electron chi connectivity index (χ3n) is 3.21. The SMILES string of the molecule is c1coc(-c2[nH]cc(-c3ccn[nH]3)c2-c2cccs2)c1. The molecule has 0 saturated heterocycles. The number of furan rings is 1. The van der Waals surface area contributed by atoms with Crippen molar-refractivity contribution in [1.29, 1.82) is 0 Å². The van der Waals surface area contributed by atoms with Gasteiger partial charge in [-0.15, -0.1) is 11.3 Å².